The summed E-state index contributed by atoms with van der Waals surface area (Å²) in [6, 6.07) is 9.80. The van der Waals surface area contributed by atoms with Crippen LogP contribution >= 0.6 is 0 Å². The monoisotopic (exact) mass is 258 g/mol. The van der Waals surface area contributed by atoms with Crippen molar-refractivity contribution in [1.82, 2.24) is 9.80 Å². The van der Waals surface area contributed by atoms with E-state index in [2.05, 4.69) is 41.0 Å². The number of benzene rings is 1. The number of hydrogen-bond acceptors (Lipinski definition) is 2. The maximum atomic E-state index is 2.73. The third-order valence-corrected chi connectivity index (χ3v) is 4.77. The average molecular weight is 258 g/mol. The lowest BCUT2D eigenvalue weighted by molar-refractivity contribution is 0.0982. The van der Waals surface area contributed by atoms with E-state index in [9.17, 15) is 0 Å². The van der Waals surface area contributed by atoms with E-state index in [1.807, 2.05) is 0 Å². The van der Waals surface area contributed by atoms with Gasteiger partial charge in [-0.15, -0.1) is 0 Å². The molecule has 104 valence electrons. The van der Waals surface area contributed by atoms with E-state index in [1.54, 1.807) is 11.1 Å². The van der Waals surface area contributed by atoms with E-state index < -0.39 is 0 Å². The van der Waals surface area contributed by atoms with E-state index in [4.69, 9.17) is 0 Å². The van der Waals surface area contributed by atoms with Gasteiger partial charge < -0.3 is 4.90 Å². The van der Waals surface area contributed by atoms with Crippen LogP contribution < -0.4 is 0 Å². The molecule has 0 N–H and O–H groups in total. The molecule has 1 aromatic carbocycles. The van der Waals surface area contributed by atoms with Crippen molar-refractivity contribution < 1.29 is 0 Å². The SMILES string of the molecule is CCCN1CCC(N2CCc3ccccc3C2)CC1. The first-order chi connectivity index (χ1) is 9.36. The second-order valence-electron chi connectivity index (χ2n) is 6.06. The fourth-order valence-electron chi connectivity index (χ4n) is 3.65. The van der Waals surface area contributed by atoms with Crippen molar-refractivity contribution in [1.29, 1.82) is 0 Å². The highest BCUT2D eigenvalue weighted by Gasteiger charge is 2.26. The van der Waals surface area contributed by atoms with Crippen molar-refractivity contribution in [3.05, 3.63) is 35.4 Å². The molecule has 0 spiro atoms. The van der Waals surface area contributed by atoms with Crippen LogP contribution in [0.1, 0.15) is 37.3 Å². The van der Waals surface area contributed by atoms with Crippen molar-refractivity contribution >= 4 is 0 Å². The van der Waals surface area contributed by atoms with Crippen molar-refractivity contribution in [2.24, 2.45) is 0 Å². The Balaban J connectivity index is 1.57. The Morgan fingerprint density at radius 2 is 1.79 bits per heavy atom. The van der Waals surface area contributed by atoms with Gasteiger partial charge in [-0.05, 0) is 56.4 Å². The molecule has 1 fully saturated rings. The Hall–Kier alpha value is -0.860. The van der Waals surface area contributed by atoms with Crippen LogP contribution in [0.5, 0.6) is 0 Å². The molecule has 0 aliphatic carbocycles. The highest BCUT2D eigenvalue weighted by atomic mass is 15.2. The van der Waals surface area contributed by atoms with Gasteiger partial charge in [-0.1, -0.05) is 31.2 Å². The van der Waals surface area contributed by atoms with Gasteiger partial charge in [-0.3, -0.25) is 4.90 Å². The van der Waals surface area contributed by atoms with Crippen LogP contribution in [0, 0.1) is 0 Å². The van der Waals surface area contributed by atoms with Gasteiger partial charge in [0.25, 0.3) is 0 Å². The summed E-state index contributed by atoms with van der Waals surface area (Å²) in [5.41, 5.74) is 3.13. The molecule has 2 aliphatic rings. The van der Waals surface area contributed by atoms with Crippen molar-refractivity contribution in [3.8, 4) is 0 Å². The van der Waals surface area contributed by atoms with Gasteiger partial charge >= 0.3 is 0 Å². The maximum absolute atomic E-state index is 2.73. The van der Waals surface area contributed by atoms with Gasteiger partial charge in [0.2, 0.25) is 0 Å². The molecule has 0 unspecified atom stereocenters. The summed E-state index contributed by atoms with van der Waals surface area (Å²) in [7, 11) is 0. The minimum Gasteiger partial charge on any atom is -0.303 e. The Bertz CT molecular complexity index is 407. The maximum Gasteiger partial charge on any atom is 0.0239 e. The summed E-state index contributed by atoms with van der Waals surface area (Å²) >= 11 is 0. The molecule has 2 heteroatoms. The first kappa shape index (κ1) is 13.1. The van der Waals surface area contributed by atoms with Crippen LogP contribution in [0.25, 0.3) is 0 Å². The van der Waals surface area contributed by atoms with E-state index >= 15 is 0 Å². The first-order valence-electron chi connectivity index (χ1n) is 7.90. The van der Waals surface area contributed by atoms with Crippen molar-refractivity contribution in [2.75, 3.05) is 26.2 Å². The lowest BCUT2D eigenvalue weighted by Gasteiger charge is -2.40. The molecule has 0 amide bonds. The quantitative estimate of drug-likeness (QED) is 0.822. The fourth-order valence-corrected chi connectivity index (χ4v) is 3.65. The molecule has 0 radical (unpaired) electrons. The van der Waals surface area contributed by atoms with Gasteiger partial charge in [-0.25, -0.2) is 0 Å². The number of fused-ring (bicyclic) bond motifs is 1. The molecule has 3 rings (SSSR count). The topological polar surface area (TPSA) is 6.48 Å². The van der Waals surface area contributed by atoms with Gasteiger partial charge in [0.05, 0.1) is 0 Å². The molecule has 19 heavy (non-hydrogen) atoms. The van der Waals surface area contributed by atoms with Gasteiger partial charge in [0, 0.05) is 19.1 Å². The van der Waals surface area contributed by atoms with Gasteiger partial charge in [0.1, 0.15) is 0 Å². The summed E-state index contributed by atoms with van der Waals surface area (Å²) in [5.74, 6) is 0. The van der Waals surface area contributed by atoms with Crippen LogP contribution in [0.4, 0.5) is 0 Å². The molecule has 1 aromatic rings. The molecular formula is C17H26N2. The van der Waals surface area contributed by atoms with E-state index in [0.717, 1.165) is 6.04 Å². The zero-order valence-corrected chi connectivity index (χ0v) is 12.1. The average Bonchev–Trinajstić information content (AvgIpc) is 2.48. The molecule has 0 aromatic heterocycles. The number of piperidine rings is 1. The van der Waals surface area contributed by atoms with Gasteiger partial charge in [-0.2, -0.15) is 0 Å². The van der Waals surface area contributed by atoms with Crippen LogP contribution in [-0.2, 0) is 13.0 Å². The molecule has 0 bridgehead atoms. The summed E-state index contributed by atoms with van der Waals surface area (Å²) in [4.78, 5) is 5.36. The smallest absolute Gasteiger partial charge is 0.0239 e. The molecule has 1 saturated heterocycles. The zero-order chi connectivity index (χ0) is 13.1. The van der Waals surface area contributed by atoms with Crippen LogP contribution in [0.15, 0.2) is 24.3 Å². The Labute approximate surface area is 117 Å². The molecular weight excluding hydrogens is 232 g/mol. The summed E-state index contributed by atoms with van der Waals surface area (Å²) < 4.78 is 0. The second kappa shape index (κ2) is 6.06. The third kappa shape index (κ3) is 3.01. The summed E-state index contributed by atoms with van der Waals surface area (Å²) in [6.45, 7) is 8.61. The number of likely N-dealkylation sites (tertiary alicyclic amines) is 1. The first-order valence-corrected chi connectivity index (χ1v) is 7.90. The second-order valence-corrected chi connectivity index (χ2v) is 6.06. The highest BCUT2D eigenvalue weighted by molar-refractivity contribution is 5.29. The minimum absolute atomic E-state index is 0.821. The Morgan fingerprint density at radius 1 is 1.05 bits per heavy atom. The Kier molecular flexibility index (Phi) is 4.19. The molecule has 2 heterocycles. The zero-order valence-electron chi connectivity index (χ0n) is 12.1. The summed E-state index contributed by atoms with van der Waals surface area (Å²) in [5, 5.41) is 0. The van der Waals surface area contributed by atoms with Crippen molar-refractivity contribution in [2.45, 2.75) is 45.2 Å². The third-order valence-electron chi connectivity index (χ3n) is 4.77. The standard InChI is InChI=1S/C17H26N2/c1-2-10-18-11-8-17(9-12-18)19-13-7-15-5-3-4-6-16(15)14-19/h3-6,17H,2,7-14H2,1H3. The number of nitrogens with zero attached hydrogens (tertiary/aromatic N) is 2. The molecule has 0 saturated carbocycles. The highest BCUT2D eigenvalue weighted by Crippen LogP contribution is 2.24. The van der Waals surface area contributed by atoms with Gasteiger partial charge in [0.15, 0.2) is 0 Å². The van der Waals surface area contributed by atoms with E-state index in [-0.39, 0.29) is 0 Å². The van der Waals surface area contributed by atoms with E-state index in [1.165, 1.54) is 58.4 Å². The van der Waals surface area contributed by atoms with Crippen LogP contribution in [-0.4, -0.2) is 42.0 Å². The van der Waals surface area contributed by atoms with Crippen molar-refractivity contribution in [3.63, 3.8) is 0 Å². The van der Waals surface area contributed by atoms with Crippen LogP contribution in [0.2, 0.25) is 0 Å². The number of hydrogen-bond donors (Lipinski definition) is 0. The Morgan fingerprint density at radius 3 is 2.53 bits per heavy atom. The lowest BCUT2D eigenvalue weighted by Crippen LogP contribution is -2.46. The fraction of sp³-hybridized carbons (Fsp3) is 0.647. The molecule has 2 aliphatic heterocycles. The minimum atomic E-state index is 0.821. The number of rotatable bonds is 3. The molecule has 2 nitrogen and oxygen atoms in total. The van der Waals surface area contributed by atoms with E-state index in [0.29, 0.717) is 0 Å². The molecule has 0 atom stereocenters. The normalized spacial score (nSPS) is 22.4. The predicted molar refractivity (Wildman–Crippen MR) is 80.3 cm³/mol. The lowest BCUT2D eigenvalue weighted by atomic mass is 9.95. The summed E-state index contributed by atoms with van der Waals surface area (Å²) in [6.07, 6.45) is 5.26. The largest absolute Gasteiger partial charge is 0.303 e. The van der Waals surface area contributed by atoms with Crippen LogP contribution in [0.3, 0.4) is 0 Å². The predicted octanol–water partition coefficient (Wildman–Crippen LogP) is 2.92.